The molecule has 2 nitrogen and oxygen atoms in total. The summed E-state index contributed by atoms with van der Waals surface area (Å²) in [6, 6.07) is 9.92. The van der Waals surface area contributed by atoms with Crippen molar-refractivity contribution < 1.29 is 9.53 Å². The molecule has 0 unspecified atom stereocenters. The predicted molar refractivity (Wildman–Crippen MR) is 68.4 cm³/mol. The van der Waals surface area contributed by atoms with E-state index >= 15 is 0 Å². The summed E-state index contributed by atoms with van der Waals surface area (Å²) in [5, 5.41) is 0. The second kappa shape index (κ2) is 5.30. The fourth-order valence-corrected chi connectivity index (χ4v) is 1.51. The quantitative estimate of drug-likeness (QED) is 0.625. The van der Waals surface area contributed by atoms with E-state index in [1.54, 1.807) is 0 Å². The van der Waals surface area contributed by atoms with Gasteiger partial charge in [-0.15, -0.1) is 0 Å². The van der Waals surface area contributed by atoms with Gasteiger partial charge in [0.1, 0.15) is 5.60 Å². The summed E-state index contributed by atoms with van der Waals surface area (Å²) in [5.74, 6) is -0.416. The minimum atomic E-state index is -0.533. The molecule has 16 heavy (non-hydrogen) atoms. The molecule has 0 aromatic heterocycles. The van der Waals surface area contributed by atoms with Gasteiger partial charge in [0.25, 0.3) is 0 Å². The molecule has 0 atom stereocenters. The summed E-state index contributed by atoms with van der Waals surface area (Å²) in [6.45, 7) is 7.25. The molecule has 0 bridgehead atoms. The summed E-state index contributed by atoms with van der Waals surface area (Å²) in [6.07, 6.45) is 0.680. The van der Waals surface area contributed by atoms with Gasteiger partial charge in [-0.05, 0) is 35.3 Å². The largest absolute Gasteiger partial charge is 0.455 e. The van der Waals surface area contributed by atoms with Crippen LogP contribution in [-0.4, -0.2) is 11.6 Å². The van der Waals surface area contributed by atoms with Crippen molar-refractivity contribution in [2.45, 2.75) is 25.9 Å². The first-order chi connectivity index (χ1) is 7.41. The highest BCUT2D eigenvalue weighted by Gasteiger charge is 2.23. The van der Waals surface area contributed by atoms with E-state index in [1.807, 2.05) is 44.2 Å². The second-order valence-corrected chi connectivity index (χ2v) is 5.17. The van der Waals surface area contributed by atoms with Gasteiger partial charge in [0, 0.05) is 6.42 Å². The van der Waals surface area contributed by atoms with Gasteiger partial charge in [0.05, 0.1) is 4.48 Å². The van der Waals surface area contributed by atoms with Gasteiger partial charge in [-0.3, -0.25) is 0 Å². The predicted octanol–water partition coefficient (Wildman–Crippen LogP) is 3.46. The fraction of sp³-hybridized carbons (Fsp3) is 0.308. The lowest BCUT2D eigenvalue weighted by molar-refractivity contribution is -0.150. The van der Waals surface area contributed by atoms with Crippen LogP contribution in [-0.2, 0) is 16.0 Å². The Bertz CT molecular complexity index is 382. The Morgan fingerprint density at radius 1 is 1.38 bits per heavy atom. The van der Waals surface area contributed by atoms with Gasteiger partial charge in [-0.2, -0.15) is 0 Å². The standard InChI is InChI=1S/C13H15BrO2/c1-10(14)12(15)16-13(2,3)9-11-7-5-4-6-8-11/h4-8H,1,9H2,2-3H3. The molecular formula is C13H15BrO2. The molecule has 0 heterocycles. The van der Waals surface area contributed by atoms with E-state index in [4.69, 9.17) is 4.74 Å². The number of carbonyl (C=O) groups excluding carboxylic acids is 1. The Kier molecular flexibility index (Phi) is 4.30. The summed E-state index contributed by atoms with van der Waals surface area (Å²) in [7, 11) is 0. The topological polar surface area (TPSA) is 26.3 Å². The van der Waals surface area contributed by atoms with Crippen molar-refractivity contribution in [2.75, 3.05) is 0 Å². The highest BCUT2D eigenvalue weighted by Crippen LogP contribution is 2.19. The highest BCUT2D eigenvalue weighted by molar-refractivity contribution is 9.12. The van der Waals surface area contributed by atoms with Crippen LogP contribution in [0.4, 0.5) is 0 Å². The van der Waals surface area contributed by atoms with Gasteiger partial charge in [0.15, 0.2) is 0 Å². The second-order valence-electron chi connectivity index (χ2n) is 4.22. The van der Waals surface area contributed by atoms with E-state index in [0.717, 1.165) is 5.56 Å². The van der Waals surface area contributed by atoms with E-state index in [2.05, 4.69) is 22.5 Å². The van der Waals surface area contributed by atoms with E-state index < -0.39 is 11.6 Å². The Morgan fingerprint density at radius 2 is 1.94 bits per heavy atom. The zero-order valence-electron chi connectivity index (χ0n) is 9.50. The van der Waals surface area contributed by atoms with E-state index in [1.165, 1.54) is 0 Å². The molecule has 1 rings (SSSR count). The van der Waals surface area contributed by atoms with Gasteiger partial charge < -0.3 is 4.74 Å². The third-order valence-corrected chi connectivity index (χ3v) is 2.39. The van der Waals surface area contributed by atoms with Crippen molar-refractivity contribution in [2.24, 2.45) is 0 Å². The average molecular weight is 283 g/mol. The van der Waals surface area contributed by atoms with Crippen molar-refractivity contribution in [3.05, 3.63) is 47.0 Å². The number of benzene rings is 1. The fourth-order valence-electron chi connectivity index (χ4n) is 1.43. The van der Waals surface area contributed by atoms with Crippen molar-refractivity contribution in [1.82, 2.24) is 0 Å². The Labute approximate surface area is 104 Å². The van der Waals surface area contributed by atoms with Crippen LogP contribution in [0.5, 0.6) is 0 Å². The zero-order chi connectivity index (χ0) is 12.2. The summed E-state index contributed by atoms with van der Waals surface area (Å²) in [5.41, 5.74) is 0.607. The molecule has 3 heteroatoms. The van der Waals surface area contributed by atoms with Gasteiger partial charge in [-0.1, -0.05) is 36.9 Å². The highest BCUT2D eigenvalue weighted by atomic mass is 79.9. The van der Waals surface area contributed by atoms with Crippen LogP contribution in [0, 0.1) is 0 Å². The molecule has 0 saturated carbocycles. The lowest BCUT2D eigenvalue weighted by Crippen LogP contribution is -2.30. The van der Waals surface area contributed by atoms with E-state index in [0.29, 0.717) is 6.42 Å². The number of carbonyl (C=O) groups is 1. The Balaban J connectivity index is 2.65. The number of halogens is 1. The number of hydrogen-bond donors (Lipinski definition) is 0. The van der Waals surface area contributed by atoms with Crippen LogP contribution >= 0.6 is 15.9 Å². The molecule has 0 aliphatic rings. The van der Waals surface area contributed by atoms with Crippen LogP contribution in [0.25, 0.3) is 0 Å². The number of ether oxygens (including phenoxy) is 1. The maximum absolute atomic E-state index is 11.4. The van der Waals surface area contributed by atoms with Crippen LogP contribution in [0.3, 0.4) is 0 Å². The minimum Gasteiger partial charge on any atom is -0.455 e. The van der Waals surface area contributed by atoms with E-state index in [9.17, 15) is 4.79 Å². The normalized spacial score (nSPS) is 10.9. The summed E-state index contributed by atoms with van der Waals surface area (Å²) < 4.78 is 5.56. The molecule has 1 aromatic carbocycles. The molecule has 86 valence electrons. The van der Waals surface area contributed by atoms with Crippen LogP contribution in [0.2, 0.25) is 0 Å². The lowest BCUT2D eigenvalue weighted by Gasteiger charge is -2.25. The maximum Gasteiger partial charge on any atom is 0.345 e. The molecule has 0 saturated heterocycles. The van der Waals surface area contributed by atoms with Crippen LogP contribution in [0.15, 0.2) is 41.4 Å². The Hall–Kier alpha value is -1.09. The molecule has 0 fully saturated rings. The van der Waals surface area contributed by atoms with Gasteiger partial charge >= 0.3 is 5.97 Å². The first kappa shape index (κ1) is 13.0. The monoisotopic (exact) mass is 282 g/mol. The Morgan fingerprint density at radius 3 is 2.44 bits per heavy atom. The average Bonchev–Trinajstić information content (AvgIpc) is 2.17. The zero-order valence-corrected chi connectivity index (χ0v) is 11.1. The van der Waals surface area contributed by atoms with Crippen molar-refractivity contribution in [3.63, 3.8) is 0 Å². The van der Waals surface area contributed by atoms with Crippen molar-refractivity contribution in [3.8, 4) is 0 Å². The van der Waals surface area contributed by atoms with Crippen molar-refractivity contribution >= 4 is 21.9 Å². The molecule has 0 spiro atoms. The van der Waals surface area contributed by atoms with Crippen LogP contribution in [0.1, 0.15) is 19.4 Å². The lowest BCUT2D eigenvalue weighted by atomic mass is 9.98. The number of rotatable bonds is 4. The molecule has 1 aromatic rings. The third kappa shape index (κ3) is 4.19. The van der Waals surface area contributed by atoms with Gasteiger partial charge in [0.2, 0.25) is 0 Å². The first-order valence-corrected chi connectivity index (χ1v) is 5.82. The van der Waals surface area contributed by atoms with Crippen LogP contribution < -0.4 is 0 Å². The first-order valence-electron chi connectivity index (χ1n) is 5.02. The number of esters is 1. The molecular weight excluding hydrogens is 268 g/mol. The van der Waals surface area contributed by atoms with Gasteiger partial charge in [-0.25, -0.2) is 4.79 Å². The summed E-state index contributed by atoms with van der Waals surface area (Å²) >= 11 is 3.01. The van der Waals surface area contributed by atoms with E-state index in [-0.39, 0.29) is 4.48 Å². The minimum absolute atomic E-state index is 0.244. The molecule has 0 N–H and O–H groups in total. The third-order valence-electron chi connectivity index (χ3n) is 2.06. The molecule has 0 aliphatic carbocycles. The SMILES string of the molecule is C=C(Br)C(=O)OC(C)(C)Cc1ccccc1. The summed E-state index contributed by atoms with van der Waals surface area (Å²) in [4.78, 5) is 11.4. The number of hydrogen-bond acceptors (Lipinski definition) is 2. The van der Waals surface area contributed by atoms with Crippen molar-refractivity contribution in [1.29, 1.82) is 0 Å². The molecule has 0 aliphatic heterocycles. The molecule has 0 amide bonds. The smallest absolute Gasteiger partial charge is 0.345 e. The maximum atomic E-state index is 11.4. The molecule has 0 radical (unpaired) electrons.